The summed E-state index contributed by atoms with van der Waals surface area (Å²) in [5.41, 5.74) is 2.43. The largest absolute Gasteiger partial charge is 0.454 e. The van der Waals surface area contributed by atoms with Crippen LogP contribution in [-0.2, 0) is 0 Å². The molecular weight excluding hydrogens is 292 g/mol. The zero-order chi connectivity index (χ0) is 15.4. The highest BCUT2D eigenvalue weighted by atomic mass is 16.3. The van der Waals surface area contributed by atoms with Crippen molar-refractivity contribution in [3.05, 3.63) is 48.7 Å². The van der Waals surface area contributed by atoms with Crippen LogP contribution in [-0.4, -0.2) is 38.9 Å². The van der Waals surface area contributed by atoms with E-state index in [1.807, 2.05) is 47.4 Å². The molecule has 1 N–H and O–H groups in total. The molecule has 0 aliphatic carbocycles. The van der Waals surface area contributed by atoms with Crippen LogP contribution in [0.3, 0.4) is 0 Å². The van der Waals surface area contributed by atoms with Gasteiger partial charge in [-0.05, 0) is 24.3 Å². The number of rotatable bonds is 2. The molecule has 1 saturated heterocycles. The lowest BCUT2D eigenvalue weighted by Gasteiger charge is -2.36. The molecule has 0 saturated carbocycles. The predicted molar refractivity (Wildman–Crippen MR) is 86.4 cm³/mol. The van der Waals surface area contributed by atoms with E-state index in [9.17, 15) is 5.11 Å². The Balaban J connectivity index is 1.64. The molecule has 3 aromatic heterocycles. The second kappa shape index (κ2) is 4.57. The molecule has 23 heavy (non-hydrogen) atoms. The van der Waals surface area contributed by atoms with Crippen molar-refractivity contribution in [1.29, 1.82) is 0 Å². The Labute approximate surface area is 131 Å². The quantitative estimate of drug-likeness (QED) is 0.615. The highest BCUT2D eigenvalue weighted by molar-refractivity contribution is 5.82. The molecule has 6 heteroatoms. The maximum absolute atomic E-state index is 9.46. The maximum atomic E-state index is 9.46. The van der Waals surface area contributed by atoms with Crippen LogP contribution in [0.25, 0.3) is 28.1 Å². The van der Waals surface area contributed by atoms with Crippen molar-refractivity contribution >= 4 is 22.4 Å². The van der Waals surface area contributed by atoms with E-state index < -0.39 is 0 Å². The Bertz CT molecular complexity index is 981. The number of imidazole rings is 1. The topological polar surface area (TPSA) is 66.8 Å². The summed E-state index contributed by atoms with van der Waals surface area (Å²) in [4.78, 5) is 6.43. The van der Waals surface area contributed by atoms with Gasteiger partial charge in [-0.15, -0.1) is 5.10 Å². The number of β-amino-alcohol motifs (C(OH)–C–C–N with tert-alkyl or cyclic N) is 1. The third-order valence-electron chi connectivity index (χ3n) is 4.21. The first-order valence-electron chi connectivity index (χ1n) is 7.55. The molecule has 0 bridgehead atoms. The van der Waals surface area contributed by atoms with Gasteiger partial charge in [-0.2, -0.15) is 0 Å². The van der Waals surface area contributed by atoms with E-state index in [0.717, 1.165) is 33.9 Å². The number of hydrogen-bond donors (Lipinski definition) is 1. The van der Waals surface area contributed by atoms with Gasteiger partial charge in [0, 0.05) is 18.5 Å². The first-order chi connectivity index (χ1) is 11.3. The molecule has 1 aromatic carbocycles. The van der Waals surface area contributed by atoms with Crippen LogP contribution in [0, 0.1) is 0 Å². The van der Waals surface area contributed by atoms with Gasteiger partial charge >= 0.3 is 0 Å². The Kier molecular flexibility index (Phi) is 2.51. The number of furan rings is 1. The summed E-state index contributed by atoms with van der Waals surface area (Å²) < 4.78 is 7.71. The smallest absolute Gasteiger partial charge is 0.155 e. The fourth-order valence-electron chi connectivity index (χ4n) is 2.95. The molecule has 0 unspecified atom stereocenters. The van der Waals surface area contributed by atoms with E-state index in [-0.39, 0.29) is 6.10 Å². The van der Waals surface area contributed by atoms with E-state index >= 15 is 0 Å². The normalized spacial score (nSPS) is 15.4. The molecule has 1 aliphatic heterocycles. The van der Waals surface area contributed by atoms with E-state index in [4.69, 9.17) is 4.42 Å². The van der Waals surface area contributed by atoms with Crippen molar-refractivity contribution in [3.8, 4) is 11.5 Å². The number of para-hydroxylation sites is 1. The summed E-state index contributed by atoms with van der Waals surface area (Å²) in [5, 5.41) is 15.2. The second-order valence-electron chi connectivity index (χ2n) is 5.81. The number of nitrogens with zero attached hydrogens (tertiary/aromatic N) is 4. The summed E-state index contributed by atoms with van der Waals surface area (Å²) >= 11 is 0. The number of aliphatic hydroxyl groups is 1. The minimum absolute atomic E-state index is 0.259. The van der Waals surface area contributed by atoms with E-state index in [2.05, 4.69) is 10.1 Å². The Morgan fingerprint density at radius 1 is 1.13 bits per heavy atom. The number of benzene rings is 1. The van der Waals surface area contributed by atoms with Crippen molar-refractivity contribution in [2.24, 2.45) is 0 Å². The number of fused-ring (bicyclic) bond motifs is 2. The molecule has 0 amide bonds. The minimum Gasteiger partial charge on any atom is -0.454 e. The van der Waals surface area contributed by atoms with Gasteiger partial charge in [0.2, 0.25) is 0 Å². The zero-order valence-electron chi connectivity index (χ0n) is 12.3. The van der Waals surface area contributed by atoms with Crippen LogP contribution in [0.5, 0.6) is 0 Å². The van der Waals surface area contributed by atoms with E-state index in [1.165, 1.54) is 0 Å². The molecule has 0 spiro atoms. The average molecular weight is 306 g/mol. The first-order valence-corrected chi connectivity index (χ1v) is 7.55. The lowest BCUT2D eigenvalue weighted by Crippen LogP contribution is -2.51. The van der Waals surface area contributed by atoms with Crippen LogP contribution >= 0.6 is 0 Å². The molecule has 5 rings (SSSR count). The number of aromatic nitrogens is 3. The molecule has 1 fully saturated rings. The summed E-state index contributed by atoms with van der Waals surface area (Å²) in [5.74, 6) is 1.57. The molecule has 114 valence electrons. The molecule has 6 nitrogen and oxygen atoms in total. The van der Waals surface area contributed by atoms with Crippen molar-refractivity contribution in [2.75, 3.05) is 18.0 Å². The average Bonchev–Trinajstić information content (AvgIpc) is 3.14. The Morgan fingerprint density at radius 3 is 2.83 bits per heavy atom. The fourth-order valence-corrected chi connectivity index (χ4v) is 2.95. The molecular formula is C17H14N4O2. The summed E-state index contributed by atoms with van der Waals surface area (Å²) in [7, 11) is 0. The standard InChI is InChI=1S/C17H14N4O2/c22-12-9-20(10-12)17-6-5-16-18-8-13(21(16)19-17)15-7-11-3-1-2-4-14(11)23-15/h1-8,12,22H,9-10H2. The van der Waals surface area contributed by atoms with Crippen LogP contribution in [0.1, 0.15) is 0 Å². The monoisotopic (exact) mass is 306 g/mol. The van der Waals surface area contributed by atoms with Crippen LogP contribution < -0.4 is 4.90 Å². The van der Waals surface area contributed by atoms with Crippen LogP contribution in [0.15, 0.2) is 53.1 Å². The third kappa shape index (κ3) is 1.92. The number of aliphatic hydroxyl groups excluding tert-OH is 1. The van der Waals surface area contributed by atoms with Gasteiger partial charge in [0.15, 0.2) is 11.4 Å². The molecule has 4 aromatic rings. The highest BCUT2D eigenvalue weighted by Gasteiger charge is 2.26. The van der Waals surface area contributed by atoms with Crippen molar-refractivity contribution in [2.45, 2.75) is 6.10 Å². The van der Waals surface area contributed by atoms with Gasteiger partial charge in [-0.25, -0.2) is 9.50 Å². The van der Waals surface area contributed by atoms with Crippen LogP contribution in [0.2, 0.25) is 0 Å². The highest BCUT2D eigenvalue weighted by Crippen LogP contribution is 2.28. The SMILES string of the molecule is OC1CN(c2ccc3ncc(-c4cc5ccccc5o4)n3n2)C1. The molecule has 0 radical (unpaired) electrons. The van der Waals surface area contributed by atoms with Gasteiger partial charge in [-0.3, -0.25) is 0 Å². The maximum Gasteiger partial charge on any atom is 0.155 e. The minimum atomic E-state index is -0.259. The van der Waals surface area contributed by atoms with Gasteiger partial charge in [-0.1, -0.05) is 18.2 Å². The van der Waals surface area contributed by atoms with Gasteiger partial charge in [0.05, 0.1) is 12.3 Å². The Hall–Kier alpha value is -2.86. The van der Waals surface area contributed by atoms with Crippen molar-refractivity contribution in [1.82, 2.24) is 14.6 Å². The zero-order valence-corrected chi connectivity index (χ0v) is 12.3. The van der Waals surface area contributed by atoms with Crippen molar-refractivity contribution < 1.29 is 9.52 Å². The summed E-state index contributed by atoms with van der Waals surface area (Å²) in [6, 6.07) is 13.8. The third-order valence-corrected chi connectivity index (χ3v) is 4.21. The van der Waals surface area contributed by atoms with Gasteiger partial charge in [0.1, 0.15) is 17.1 Å². The first kappa shape index (κ1) is 12.7. The summed E-state index contributed by atoms with van der Waals surface area (Å²) in [6.45, 7) is 1.24. The lowest BCUT2D eigenvalue weighted by molar-refractivity contribution is 0.141. The van der Waals surface area contributed by atoms with E-state index in [0.29, 0.717) is 13.1 Å². The van der Waals surface area contributed by atoms with Crippen LogP contribution in [0.4, 0.5) is 5.82 Å². The van der Waals surface area contributed by atoms with Gasteiger partial charge in [0.25, 0.3) is 0 Å². The molecule has 0 atom stereocenters. The lowest BCUT2D eigenvalue weighted by atomic mass is 10.2. The predicted octanol–water partition coefficient (Wildman–Crippen LogP) is 2.32. The Morgan fingerprint density at radius 2 is 2.00 bits per heavy atom. The van der Waals surface area contributed by atoms with Gasteiger partial charge < -0.3 is 14.4 Å². The fraction of sp³-hybridized carbons (Fsp3) is 0.176. The molecule has 4 heterocycles. The van der Waals surface area contributed by atoms with Crippen molar-refractivity contribution in [3.63, 3.8) is 0 Å². The second-order valence-corrected chi connectivity index (χ2v) is 5.81. The molecule has 1 aliphatic rings. The number of anilines is 1. The number of hydrogen-bond acceptors (Lipinski definition) is 5. The summed E-state index contributed by atoms with van der Waals surface area (Å²) in [6.07, 6.45) is 1.51. The van der Waals surface area contributed by atoms with E-state index in [1.54, 1.807) is 10.7 Å².